The Balaban J connectivity index is 1.41. The van der Waals surface area contributed by atoms with Gasteiger partial charge in [0.1, 0.15) is 18.1 Å². The molecule has 32 heavy (non-hydrogen) atoms. The molecule has 8 nitrogen and oxygen atoms in total. The molecule has 0 bridgehead atoms. The van der Waals surface area contributed by atoms with Crippen molar-refractivity contribution in [2.24, 2.45) is 0 Å². The number of hydrogen-bond donors (Lipinski definition) is 2. The quantitative estimate of drug-likeness (QED) is 0.475. The molecule has 2 aromatic heterocycles. The topological polar surface area (TPSA) is 109 Å². The molecule has 1 atom stereocenters. The third kappa shape index (κ3) is 3.62. The van der Waals surface area contributed by atoms with Crippen LogP contribution in [0.1, 0.15) is 36.3 Å². The highest BCUT2D eigenvalue weighted by atomic mass is 16.4. The molecule has 0 aliphatic carbocycles. The number of oxazole rings is 1. The van der Waals surface area contributed by atoms with Gasteiger partial charge in [-0.2, -0.15) is 0 Å². The minimum Gasteiger partial charge on any atom is -0.480 e. The van der Waals surface area contributed by atoms with Crippen LogP contribution in [0.3, 0.4) is 0 Å². The van der Waals surface area contributed by atoms with Crippen molar-refractivity contribution in [3.05, 3.63) is 66.2 Å². The summed E-state index contributed by atoms with van der Waals surface area (Å²) in [5.74, 6) is -1.07. The Bertz CT molecular complexity index is 1270. The van der Waals surface area contributed by atoms with Gasteiger partial charge < -0.3 is 19.2 Å². The van der Waals surface area contributed by atoms with E-state index in [9.17, 15) is 19.8 Å². The molecule has 1 fully saturated rings. The van der Waals surface area contributed by atoms with Gasteiger partial charge in [0.2, 0.25) is 0 Å². The van der Waals surface area contributed by atoms with Crippen molar-refractivity contribution in [3.8, 4) is 0 Å². The Morgan fingerprint density at radius 2 is 1.78 bits per heavy atom. The van der Waals surface area contributed by atoms with Crippen molar-refractivity contribution in [1.82, 2.24) is 14.5 Å². The maximum Gasteiger partial charge on any atom is 0.325 e. The van der Waals surface area contributed by atoms with E-state index < -0.39 is 18.0 Å². The lowest BCUT2D eigenvalue weighted by Gasteiger charge is -2.34. The first-order valence-electron chi connectivity index (χ1n) is 10.6. The molecule has 2 aromatic carbocycles. The van der Waals surface area contributed by atoms with Crippen LogP contribution in [0.25, 0.3) is 22.0 Å². The van der Waals surface area contributed by atoms with E-state index in [-0.39, 0.29) is 12.5 Å². The monoisotopic (exact) mass is 433 g/mol. The van der Waals surface area contributed by atoms with Gasteiger partial charge in [-0.1, -0.05) is 30.3 Å². The lowest BCUT2D eigenvalue weighted by molar-refractivity contribution is -0.144. The molecule has 2 N–H and O–H groups in total. The molecule has 164 valence electrons. The minimum atomic E-state index is -0.969. The zero-order valence-electron chi connectivity index (χ0n) is 17.3. The number of fused-ring (bicyclic) bond motifs is 2. The fourth-order valence-electron chi connectivity index (χ4n) is 4.72. The first kappa shape index (κ1) is 20.3. The Kier molecular flexibility index (Phi) is 5.14. The number of hydrogen-bond acceptors (Lipinski definition) is 5. The van der Waals surface area contributed by atoms with Gasteiger partial charge in [-0.15, -0.1) is 0 Å². The van der Waals surface area contributed by atoms with Crippen LogP contribution < -0.4 is 0 Å². The van der Waals surface area contributed by atoms with Crippen LogP contribution in [0.5, 0.6) is 0 Å². The fourth-order valence-corrected chi connectivity index (χ4v) is 4.72. The standard InChI is InChI=1S/C24H23N3O5/c28-21(29)14-27-13-17(16-5-1-3-7-19(16)27)22(24(30)31)26-11-9-15(10-12-26)23-25-18-6-2-4-8-20(18)32-23/h1-8,13,15,22H,9-12,14H2,(H,28,29)(H,30,31). The largest absolute Gasteiger partial charge is 0.480 e. The number of likely N-dealkylation sites (tertiary alicyclic amines) is 1. The van der Waals surface area contributed by atoms with Crippen molar-refractivity contribution in [2.75, 3.05) is 13.1 Å². The number of rotatable bonds is 6. The predicted octanol–water partition coefficient (Wildman–Crippen LogP) is 3.87. The zero-order chi connectivity index (χ0) is 22.2. The third-order valence-electron chi connectivity index (χ3n) is 6.21. The summed E-state index contributed by atoms with van der Waals surface area (Å²) < 4.78 is 7.53. The Morgan fingerprint density at radius 3 is 2.50 bits per heavy atom. The van der Waals surface area contributed by atoms with Crippen molar-refractivity contribution < 1.29 is 24.2 Å². The van der Waals surface area contributed by atoms with Gasteiger partial charge in [-0.3, -0.25) is 14.5 Å². The molecule has 1 unspecified atom stereocenters. The Morgan fingerprint density at radius 1 is 1.06 bits per heavy atom. The van der Waals surface area contributed by atoms with Crippen molar-refractivity contribution in [2.45, 2.75) is 31.3 Å². The molecule has 1 aliphatic rings. The smallest absolute Gasteiger partial charge is 0.325 e. The molecule has 0 spiro atoms. The molecular formula is C24H23N3O5. The maximum absolute atomic E-state index is 12.3. The zero-order valence-corrected chi connectivity index (χ0v) is 17.3. The highest BCUT2D eigenvalue weighted by molar-refractivity contribution is 5.90. The summed E-state index contributed by atoms with van der Waals surface area (Å²) in [5, 5.41) is 20.1. The molecule has 0 saturated carbocycles. The highest BCUT2D eigenvalue weighted by Crippen LogP contribution is 2.36. The van der Waals surface area contributed by atoms with Crippen molar-refractivity contribution >= 4 is 33.9 Å². The number of carboxylic acid groups (broad SMARTS) is 2. The minimum absolute atomic E-state index is 0.140. The average molecular weight is 433 g/mol. The van der Waals surface area contributed by atoms with Crippen LogP contribution in [0.2, 0.25) is 0 Å². The third-order valence-corrected chi connectivity index (χ3v) is 6.21. The molecular weight excluding hydrogens is 410 g/mol. The fraction of sp³-hybridized carbons (Fsp3) is 0.292. The van der Waals surface area contributed by atoms with Gasteiger partial charge in [0.05, 0.1) is 0 Å². The van der Waals surface area contributed by atoms with E-state index in [0.29, 0.717) is 24.5 Å². The molecule has 0 radical (unpaired) electrons. The second-order valence-corrected chi connectivity index (χ2v) is 8.19. The first-order valence-corrected chi connectivity index (χ1v) is 10.6. The summed E-state index contributed by atoms with van der Waals surface area (Å²) in [6, 6.07) is 14.2. The summed E-state index contributed by atoms with van der Waals surface area (Å²) in [6.07, 6.45) is 3.15. The van der Waals surface area contributed by atoms with Crippen LogP contribution in [0.4, 0.5) is 0 Å². The van der Waals surface area contributed by atoms with E-state index >= 15 is 0 Å². The van der Waals surface area contributed by atoms with E-state index in [1.165, 1.54) is 0 Å². The van der Waals surface area contributed by atoms with E-state index in [1.807, 2.05) is 53.4 Å². The number of carboxylic acids is 2. The van der Waals surface area contributed by atoms with Crippen LogP contribution in [-0.4, -0.2) is 49.7 Å². The number of carbonyl (C=O) groups is 2. The van der Waals surface area contributed by atoms with Gasteiger partial charge >= 0.3 is 11.9 Å². The lowest BCUT2D eigenvalue weighted by Crippen LogP contribution is -2.39. The van der Waals surface area contributed by atoms with Crippen LogP contribution in [-0.2, 0) is 16.1 Å². The number of para-hydroxylation sites is 3. The van der Waals surface area contributed by atoms with Gasteiger partial charge in [0, 0.05) is 41.7 Å². The maximum atomic E-state index is 12.3. The van der Waals surface area contributed by atoms with Crippen molar-refractivity contribution in [1.29, 1.82) is 0 Å². The number of aromatic nitrogens is 2. The van der Waals surface area contributed by atoms with Crippen LogP contribution in [0, 0.1) is 0 Å². The van der Waals surface area contributed by atoms with Crippen LogP contribution in [0.15, 0.2) is 59.1 Å². The van der Waals surface area contributed by atoms with Gasteiger partial charge in [0.15, 0.2) is 11.5 Å². The lowest BCUT2D eigenvalue weighted by atomic mass is 9.94. The molecule has 4 aromatic rings. The number of piperidine rings is 1. The Labute approximate surface area is 183 Å². The molecule has 1 saturated heterocycles. The van der Waals surface area contributed by atoms with Crippen LogP contribution >= 0.6 is 0 Å². The van der Waals surface area contributed by atoms with E-state index in [1.54, 1.807) is 10.8 Å². The number of aliphatic carboxylic acids is 2. The summed E-state index contributed by atoms with van der Waals surface area (Å²) in [7, 11) is 0. The van der Waals surface area contributed by atoms with Gasteiger partial charge in [0.25, 0.3) is 0 Å². The molecule has 5 rings (SSSR count). The number of benzene rings is 2. The normalized spacial score (nSPS) is 16.5. The first-order chi connectivity index (χ1) is 15.5. The predicted molar refractivity (Wildman–Crippen MR) is 118 cm³/mol. The average Bonchev–Trinajstić information content (AvgIpc) is 3.36. The Hall–Kier alpha value is -3.65. The highest BCUT2D eigenvalue weighted by Gasteiger charge is 2.34. The van der Waals surface area contributed by atoms with E-state index in [4.69, 9.17) is 4.42 Å². The summed E-state index contributed by atoms with van der Waals surface area (Å²) in [4.78, 5) is 30.2. The van der Waals surface area contributed by atoms with E-state index in [2.05, 4.69) is 4.98 Å². The summed E-state index contributed by atoms with van der Waals surface area (Å²) in [5.41, 5.74) is 2.94. The van der Waals surface area contributed by atoms with Crippen molar-refractivity contribution in [3.63, 3.8) is 0 Å². The van der Waals surface area contributed by atoms with E-state index in [0.717, 1.165) is 34.8 Å². The van der Waals surface area contributed by atoms with Gasteiger partial charge in [-0.25, -0.2) is 4.98 Å². The van der Waals surface area contributed by atoms with Gasteiger partial charge in [-0.05, 0) is 31.0 Å². The molecule has 3 heterocycles. The molecule has 0 amide bonds. The summed E-state index contributed by atoms with van der Waals surface area (Å²) in [6.45, 7) is 0.949. The second kappa shape index (κ2) is 8.12. The number of nitrogens with zero attached hydrogens (tertiary/aromatic N) is 3. The SMILES string of the molecule is O=C(O)Cn1cc(C(C(=O)O)N2CCC(c3nc4ccccc4o3)CC2)c2ccccc21. The summed E-state index contributed by atoms with van der Waals surface area (Å²) >= 11 is 0. The second-order valence-electron chi connectivity index (χ2n) is 8.19. The molecule has 1 aliphatic heterocycles. The molecule has 8 heteroatoms.